The van der Waals surface area contributed by atoms with Crippen LogP contribution >= 0.6 is 23.2 Å². The van der Waals surface area contributed by atoms with E-state index in [4.69, 9.17) is 32.7 Å². The predicted molar refractivity (Wildman–Crippen MR) is 185 cm³/mol. The number of pyridine rings is 2. The number of carboxylic acid groups (broad SMARTS) is 2. The summed E-state index contributed by atoms with van der Waals surface area (Å²) in [6.45, 7) is 8.91. The van der Waals surface area contributed by atoms with Crippen LogP contribution in [-0.4, -0.2) is 44.5 Å². The zero-order valence-corrected chi connectivity index (χ0v) is 28.5. The van der Waals surface area contributed by atoms with Crippen LogP contribution in [-0.2, 0) is 12.8 Å². The number of carboxylic acids is 2. The first-order valence-electron chi connectivity index (χ1n) is 15.8. The molecule has 0 amide bonds. The lowest BCUT2D eigenvalue weighted by atomic mass is 9.91. The first-order valence-corrected chi connectivity index (χ1v) is 16.6. The topological polar surface area (TPSA) is 137 Å². The Morgan fingerprint density at radius 3 is 1.38 bits per heavy atom. The van der Waals surface area contributed by atoms with Crippen LogP contribution in [0.5, 0.6) is 11.5 Å². The molecule has 0 saturated heterocycles. The molecule has 2 aliphatic rings. The number of rotatable bonds is 8. The van der Waals surface area contributed by atoms with Crippen molar-refractivity contribution in [1.82, 2.24) is 9.13 Å². The SMILES string of the molecule is CCOc1cc2c(cc1Cl)-c1cc(=O)c(C(=O)O)cn1[C@@H](CC)C2.CCOc1cc2c(cc1Cl)-c1cc(=O)c(C(=O)O)cn1[C@H](CC)C2. The zero-order valence-electron chi connectivity index (χ0n) is 27.0. The summed E-state index contributed by atoms with van der Waals surface area (Å²) in [5.74, 6) is -1.15. The van der Waals surface area contributed by atoms with Crippen molar-refractivity contribution in [2.75, 3.05) is 13.2 Å². The van der Waals surface area contributed by atoms with Gasteiger partial charge in [-0.25, -0.2) is 9.59 Å². The second-order valence-corrected chi connectivity index (χ2v) is 12.4. The van der Waals surface area contributed by atoms with Crippen molar-refractivity contribution in [3.05, 3.63) is 102 Å². The molecule has 6 rings (SSSR count). The Bertz CT molecular complexity index is 1890. The predicted octanol–water partition coefficient (Wildman–Crippen LogP) is 7.55. The molecule has 4 heterocycles. The van der Waals surface area contributed by atoms with Gasteiger partial charge < -0.3 is 28.8 Å². The van der Waals surface area contributed by atoms with Crippen LogP contribution in [0.3, 0.4) is 0 Å². The summed E-state index contributed by atoms with van der Waals surface area (Å²) < 4.78 is 14.9. The van der Waals surface area contributed by atoms with Gasteiger partial charge in [-0.05, 0) is 74.9 Å². The molecule has 0 bridgehead atoms. The molecule has 0 radical (unpaired) electrons. The third-order valence-electron chi connectivity index (χ3n) is 8.73. The van der Waals surface area contributed by atoms with E-state index in [2.05, 4.69) is 0 Å². The Labute approximate surface area is 287 Å². The number of hydrogen-bond donors (Lipinski definition) is 2. The molecule has 2 aromatic carbocycles. The average molecular weight is 696 g/mol. The van der Waals surface area contributed by atoms with Gasteiger partial charge in [-0.3, -0.25) is 9.59 Å². The summed E-state index contributed by atoms with van der Waals surface area (Å²) in [6.07, 6.45) is 6.00. The van der Waals surface area contributed by atoms with Crippen molar-refractivity contribution in [2.45, 2.75) is 65.5 Å². The molecule has 0 aliphatic carbocycles. The van der Waals surface area contributed by atoms with Crippen LogP contribution in [0.15, 0.2) is 58.4 Å². The number of ether oxygens (including phenoxy) is 2. The largest absolute Gasteiger partial charge is 0.492 e. The van der Waals surface area contributed by atoms with Crippen LogP contribution in [0, 0.1) is 0 Å². The highest BCUT2D eigenvalue weighted by atomic mass is 35.5. The van der Waals surface area contributed by atoms with E-state index in [0.29, 0.717) is 46.1 Å². The van der Waals surface area contributed by atoms with E-state index in [0.717, 1.165) is 47.9 Å². The number of benzene rings is 2. The van der Waals surface area contributed by atoms with Crippen LogP contribution in [0.4, 0.5) is 0 Å². The quantitative estimate of drug-likeness (QED) is 0.193. The normalized spacial score (nSPS) is 15.5. The van der Waals surface area contributed by atoms with Crippen molar-refractivity contribution in [2.24, 2.45) is 0 Å². The number of hydrogen-bond acceptors (Lipinski definition) is 6. The Morgan fingerprint density at radius 2 is 1.06 bits per heavy atom. The smallest absolute Gasteiger partial charge is 0.341 e. The second-order valence-electron chi connectivity index (χ2n) is 11.6. The van der Waals surface area contributed by atoms with E-state index < -0.39 is 22.8 Å². The third-order valence-corrected chi connectivity index (χ3v) is 9.32. The summed E-state index contributed by atoms with van der Waals surface area (Å²) in [5, 5.41) is 19.4. The highest BCUT2D eigenvalue weighted by Crippen LogP contribution is 2.42. The van der Waals surface area contributed by atoms with Gasteiger partial charge in [-0.1, -0.05) is 37.0 Å². The van der Waals surface area contributed by atoms with Gasteiger partial charge in [0, 0.05) is 47.7 Å². The average Bonchev–Trinajstić information content (AvgIpc) is 3.05. The minimum Gasteiger partial charge on any atom is -0.492 e. The van der Waals surface area contributed by atoms with Crippen molar-refractivity contribution >= 4 is 35.1 Å². The molecule has 2 aliphatic heterocycles. The molecule has 252 valence electrons. The number of aromatic carboxylic acids is 2. The van der Waals surface area contributed by atoms with Crippen molar-refractivity contribution in [1.29, 1.82) is 0 Å². The molecular weight excluding hydrogens is 659 g/mol. The third kappa shape index (κ3) is 6.59. The fourth-order valence-corrected chi connectivity index (χ4v) is 6.82. The van der Waals surface area contributed by atoms with Crippen LogP contribution < -0.4 is 20.3 Å². The number of aromatic nitrogens is 2. The summed E-state index contributed by atoms with van der Waals surface area (Å²) in [4.78, 5) is 46.8. The molecule has 12 heteroatoms. The van der Waals surface area contributed by atoms with E-state index in [9.17, 15) is 29.4 Å². The van der Waals surface area contributed by atoms with Crippen LogP contribution in [0.25, 0.3) is 22.5 Å². The lowest BCUT2D eigenvalue weighted by molar-refractivity contribution is 0.0683. The molecule has 2 aromatic heterocycles. The van der Waals surface area contributed by atoms with Gasteiger partial charge in [0.1, 0.15) is 22.6 Å². The van der Waals surface area contributed by atoms with Gasteiger partial charge in [0.15, 0.2) is 10.9 Å². The summed E-state index contributed by atoms with van der Waals surface area (Å²) in [7, 11) is 0. The van der Waals surface area contributed by atoms with Gasteiger partial charge in [0.05, 0.1) is 34.6 Å². The monoisotopic (exact) mass is 694 g/mol. The van der Waals surface area contributed by atoms with E-state index in [1.807, 2.05) is 49.0 Å². The molecular formula is C36H36Cl2N2O8. The van der Waals surface area contributed by atoms with Gasteiger partial charge in [0.2, 0.25) is 0 Å². The minimum absolute atomic E-state index is 0.0850. The fourth-order valence-electron chi connectivity index (χ4n) is 6.38. The fraction of sp³-hybridized carbons (Fsp3) is 0.333. The number of fused-ring (bicyclic) bond motifs is 6. The van der Waals surface area contributed by atoms with E-state index in [1.54, 1.807) is 12.1 Å². The summed E-state index contributed by atoms with van der Waals surface area (Å²) in [5.41, 5.74) is 3.78. The molecule has 48 heavy (non-hydrogen) atoms. The Morgan fingerprint density at radius 1 is 0.688 bits per heavy atom. The standard InChI is InChI=1S/2C18H18ClNO4/c2*1-3-11-5-10-6-17(24-4-2)14(19)7-12(10)15-8-16(21)13(18(22)23)9-20(11)15/h2*6-9,11H,3-5H2,1-2H3,(H,22,23)/t2*11-/m10/s1. The summed E-state index contributed by atoms with van der Waals surface area (Å²) in [6, 6.07) is 10.4. The maximum Gasteiger partial charge on any atom is 0.341 e. The molecule has 2 N–H and O–H groups in total. The number of nitrogens with zero attached hydrogens (tertiary/aromatic N) is 2. The molecule has 2 atom stereocenters. The van der Waals surface area contributed by atoms with Crippen LogP contribution in [0.2, 0.25) is 10.0 Å². The van der Waals surface area contributed by atoms with Crippen molar-refractivity contribution in [3.63, 3.8) is 0 Å². The Balaban J connectivity index is 0.000000188. The van der Waals surface area contributed by atoms with Gasteiger partial charge in [-0.15, -0.1) is 0 Å². The number of carbonyl (C=O) groups is 2. The van der Waals surface area contributed by atoms with Crippen molar-refractivity contribution < 1.29 is 29.3 Å². The first kappa shape index (κ1) is 34.8. The van der Waals surface area contributed by atoms with Gasteiger partial charge in [0.25, 0.3) is 0 Å². The van der Waals surface area contributed by atoms with Crippen molar-refractivity contribution in [3.8, 4) is 34.0 Å². The zero-order chi connectivity index (χ0) is 34.9. The Kier molecular flexibility index (Phi) is 10.4. The van der Waals surface area contributed by atoms with E-state index >= 15 is 0 Å². The molecule has 0 spiro atoms. The number of halogens is 2. The highest BCUT2D eigenvalue weighted by Gasteiger charge is 2.28. The molecule has 0 saturated carbocycles. The maximum atomic E-state index is 12.1. The lowest BCUT2D eigenvalue weighted by Gasteiger charge is -2.30. The van der Waals surface area contributed by atoms with Gasteiger partial charge >= 0.3 is 11.9 Å². The Hall–Kier alpha value is -4.54. The first-order chi connectivity index (χ1) is 22.9. The van der Waals surface area contributed by atoms with E-state index in [-0.39, 0.29) is 23.2 Å². The van der Waals surface area contributed by atoms with E-state index in [1.165, 1.54) is 24.5 Å². The second kappa shape index (κ2) is 14.3. The molecule has 4 aromatic rings. The molecule has 10 nitrogen and oxygen atoms in total. The highest BCUT2D eigenvalue weighted by molar-refractivity contribution is 6.32. The molecule has 0 unspecified atom stereocenters. The minimum atomic E-state index is -1.21. The van der Waals surface area contributed by atoms with Gasteiger partial charge in [-0.2, -0.15) is 0 Å². The molecule has 0 fully saturated rings. The lowest BCUT2D eigenvalue weighted by Crippen LogP contribution is -2.25. The maximum absolute atomic E-state index is 12.1. The van der Waals surface area contributed by atoms with Crippen LogP contribution in [0.1, 0.15) is 84.5 Å². The summed E-state index contributed by atoms with van der Waals surface area (Å²) >= 11 is 12.6.